The Bertz CT molecular complexity index is 512. The molecule has 3 heteroatoms. The normalized spacial score (nSPS) is 17.7. The van der Waals surface area contributed by atoms with Gasteiger partial charge in [0.25, 0.3) is 0 Å². The molecule has 1 saturated heterocycles. The summed E-state index contributed by atoms with van der Waals surface area (Å²) in [6.07, 6.45) is 5.85. The molecule has 0 amide bonds. The van der Waals surface area contributed by atoms with Crippen LogP contribution in [0.15, 0.2) is 28.9 Å². The molecule has 0 spiro atoms. The Kier molecular flexibility index (Phi) is 3.21. The van der Waals surface area contributed by atoms with Gasteiger partial charge in [-0.2, -0.15) is 0 Å². The third-order valence-electron chi connectivity index (χ3n) is 3.71. The van der Waals surface area contributed by atoms with Crippen LogP contribution in [0.25, 0.3) is 10.9 Å². The minimum absolute atomic E-state index is 0.837. The Morgan fingerprint density at radius 1 is 1.24 bits per heavy atom. The van der Waals surface area contributed by atoms with Crippen LogP contribution >= 0.6 is 15.9 Å². The topological polar surface area (TPSA) is 27.8 Å². The zero-order valence-electron chi connectivity index (χ0n) is 9.80. The van der Waals surface area contributed by atoms with Crippen LogP contribution in [-0.2, 0) is 6.42 Å². The van der Waals surface area contributed by atoms with E-state index < -0.39 is 0 Å². The average Bonchev–Trinajstić information content (AvgIpc) is 2.74. The van der Waals surface area contributed by atoms with Crippen molar-refractivity contribution in [3.63, 3.8) is 0 Å². The molecule has 0 atom stereocenters. The highest BCUT2D eigenvalue weighted by Crippen LogP contribution is 2.30. The van der Waals surface area contributed by atoms with Crippen LogP contribution in [0.3, 0.4) is 0 Å². The van der Waals surface area contributed by atoms with Crippen molar-refractivity contribution >= 4 is 26.8 Å². The Morgan fingerprint density at radius 3 is 2.88 bits per heavy atom. The number of benzene rings is 1. The molecule has 2 nitrogen and oxygen atoms in total. The zero-order chi connectivity index (χ0) is 11.7. The number of rotatable bonds is 2. The van der Waals surface area contributed by atoms with Crippen LogP contribution in [0.2, 0.25) is 0 Å². The number of H-pyrrole nitrogens is 1. The Morgan fingerprint density at radius 2 is 2.06 bits per heavy atom. The van der Waals surface area contributed by atoms with E-state index >= 15 is 0 Å². The number of nitrogens with one attached hydrogen (secondary N) is 2. The van der Waals surface area contributed by atoms with Crippen molar-refractivity contribution in [2.75, 3.05) is 13.1 Å². The lowest BCUT2D eigenvalue weighted by molar-refractivity contribution is 0.373. The monoisotopic (exact) mass is 292 g/mol. The summed E-state index contributed by atoms with van der Waals surface area (Å²) in [7, 11) is 0. The second-order valence-corrected chi connectivity index (χ2v) is 5.73. The highest BCUT2D eigenvalue weighted by Gasteiger charge is 2.15. The lowest BCUT2D eigenvalue weighted by atomic mass is 9.90. The lowest BCUT2D eigenvalue weighted by Gasteiger charge is -2.22. The van der Waals surface area contributed by atoms with Crippen LogP contribution in [-0.4, -0.2) is 18.1 Å². The van der Waals surface area contributed by atoms with E-state index in [4.69, 9.17) is 0 Å². The summed E-state index contributed by atoms with van der Waals surface area (Å²) in [6, 6.07) is 6.57. The van der Waals surface area contributed by atoms with Crippen molar-refractivity contribution in [1.29, 1.82) is 0 Å². The first-order chi connectivity index (χ1) is 8.34. The van der Waals surface area contributed by atoms with Crippen LogP contribution in [0, 0.1) is 5.92 Å². The summed E-state index contributed by atoms with van der Waals surface area (Å²) >= 11 is 3.64. The molecule has 1 aliphatic heterocycles. The van der Waals surface area contributed by atoms with Gasteiger partial charge in [-0.05, 0) is 65.8 Å². The first-order valence-corrected chi connectivity index (χ1v) is 7.09. The van der Waals surface area contributed by atoms with Gasteiger partial charge in [0.15, 0.2) is 0 Å². The van der Waals surface area contributed by atoms with Crippen molar-refractivity contribution in [2.24, 2.45) is 5.92 Å². The van der Waals surface area contributed by atoms with Crippen LogP contribution in [0.4, 0.5) is 0 Å². The molecule has 1 fully saturated rings. The van der Waals surface area contributed by atoms with E-state index in [9.17, 15) is 0 Å². The van der Waals surface area contributed by atoms with Crippen molar-refractivity contribution in [3.05, 3.63) is 34.4 Å². The van der Waals surface area contributed by atoms with Gasteiger partial charge in [-0.1, -0.05) is 12.1 Å². The quantitative estimate of drug-likeness (QED) is 0.872. The van der Waals surface area contributed by atoms with E-state index in [1.54, 1.807) is 0 Å². The van der Waals surface area contributed by atoms with E-state index in [2.05, 4.69) is 44.4 Å². The van der Waals surface area contributed by atoms with Crippen LogP contribution in [0.1, 0.15) is 18.4 Å². The molecule has 0 aliphatic carbocycles. The van der Waals surface area contributed by atoms with E-state index in [1.165, 1.54) is 53.3 Å². The maximum atomic E-state index is 3.64. The number of hydrogen-bond acceptors (Lipinski definition) is 1. The zero-order valence-corrected chi connectivity index (χ0v) is 11.4. The third-order valence-corrected chi connectivity index (χ3v) is 4.34. The highest BCUT2D eigenvalue weighted by molar-refractivity contribution is 9.10. The number of hydrogen-bond donors (Lipinski definition) is 2. The molecule has 3 rings (SSSR count). The van der Waals surface area contributed by atoms with E-state index in [0.717, 1.165) is 5.92 Å². The first-order valence-electron chi connectivity index (χ1n) is 6.30. The molecule has 0 radical (unpaired) electrons. The van der Waals surface area contributed by atoms with Crippen molar-refractivity contribution in [1.82, 2.24) is 10.3 Å². The Labute approximate surface area is 110 Å². The fraction of sp³-hybridized carbons (Fsp3) is 0.429. The summed E-state index contributed by atoms with van der Waals surface area (Å²) in [4.78, 5) is 3.31. The molecule has 2 aromatic rings. The molecule has 1 aromatic heterocycles. The maximum Gasteiger partial charge on any atom is 0.0468 e. The molecule has 2 N–H and O–H groups in total. The van der Waals surface area contributed by atoms with Gasteiger partial charge in [0.05, 0.1) is 0 Å². The summed E-state index contributed by atoms with van der Waals surface area (Å²) in [6.45, 7) is 2.35. The van der Waals surface area contributed by atoms with Gasteiger partial charge in [-0.25, -0.2) is 0 Å². The summed E-state index contributed by atoms with van der Waals surface area (Å²) in [5.41, 5.74) is 2.71. The van der Waals surface area contributed by atoms with Gasteiger partial charge in [-0.15, -0.1) is 0 Å². The number of aromatic amines is 1. The van der Waals surface area contributed by atoms with Gasteiger partial charge < -0.3 is 10.3 Å². The predicted molar refractivity (Wildman–Crippen MR) is 75.3 cm³/mol. The van der Waals surface area contributed by atoms with Gasteiger partial charge in [0.1, 0.15) is 0 Å². The summed E-state index contributed by atoms with van der Waals surface area (Å²) in [5.74, 6) is 0.837. The number of aromatic nitrogens is 1. The lowest BCUT2D eigenvalue weighted by Crippen LogP contribution is -2.28. The molecule has 0 unspecified atom stereocenters. The summed E-state index contributed by atoms with van der Waals surface area (Å²) in [5, 5.41) is 4.80. The largest absolute Gasteiger partial charge is 0.360 e. The molecule has 90 valence electrons. The smallest absolute Gasteiger partial charge is 0.0468 e. The van der Waals surface area contributed by atoms with Gasteiger partial charge in [-0.3, -0.25) is 0 Å². The molecule has 0 bridgehead atoms. The fourth-order valence-corrected chi connectivity index (χ4v) is 3.37. The first kappa shape index (κ1) is 11.3. The van der Waals surface area contributed by atoms with Gasteiger partial charge in [0, 0.05) is 21.6 Å². The number of halogens is 1. The molecular weight excluding hydrogens is 276 g/mol. The van der Waals surface area contributed by atoms with Crippen molar-refractivity contribution in [2.45, 2.75) is 19.3 Å². The molecular formula is C14H17BrN2. The molecule has 2 heterocycles. The Hall–Kier alpha value is -0.800. The molecule has 1 aromatic carbocycles. The highest BCUT2D eigenvalue weighted by atomic mass is 79.9. The van der Waals surface area contributed by atoms with Crippen molar-refractivity contribution < 1.29 is 0 Å². The van der Waals surface area contributed by atoms with Crippen molar-refractivity contribution in [3.8, 4) is 0 Å². The number of piperidine rings is 1. The SMILES string of the molecule is Brc1c[nH]c2cccc(CC3CCNCC3)c12. The minimum atomic E-state index is 0.837. The average molecular weight is 293 g/mol. The third kappa shape index (κ3) is 2.26. The number of fused-ring (bicyclic) bond motifs is 1. The Balaban J connectivity index is 1.91. The minimum Gasteiger partial charge on any atom is -0.360 e. The van der Waals surface area contributed by atoms with Gasteiger partial charge in [0.2, 0.25) is 0 Å². The van der Waals surface area contributed by atoms with Gasteiger partial charge >= 0.3 is 0 Å². The van der Waals surface area contributed by atoms with Crippen LogP contribution in [0.5, 0.6) is 0 Å². The summed E-state index contributed by atoms with van der Waals surface area (Å²) < 4.78 is 1.19. The predicted octanol–water partition coefficient (Wildman–Crippen LogP) is 3.47. The molecule has 0 saturated carbocycles. The molecule has 17 heavy (non-hydrogen) atoms. The van der Waals surface area contributed by atoms with E-state index in [1.807, 2.05) is 6.20 Å². The fourth-order valence-electron chi connectivity index (χ4n) is 2.78. The van der Waals surface area contributed by atoms with E-state index in [0.29, 0.717) is 0 Å². The van der Waals surface area contributed by atoms with Crippen LogP contribution < -0.4 is 5.32 Å². The maximum absolute atomic E-state index is 3.64. The second kappa shape index (κ2) is 4.83. The standard InChI is InChI=1S/C14H17BrN2/c15-12-9-17-13-3-1-2-11(14(12)13)8-10-4-6-16-7-5-10/h1-3,9-10,16-17H,4-8H2. The second-order valence-electron chi connectivity index (χ2n) is 4.87. The van der Waals surface area contributed by atoms with E-state index in [-0.39, 0.29) is 0 Å². The molecule has 1 aliphatic rings.